The quantitative estimate of drug-likeness (QED) is 0.749. The topological polar surface area (TPSA) is 50.7 Å². The van der Waals surface area contributed by atoms with Crippen molar-refractivity contribution < 1.29 is 14.6 Å². The average molecular weight is 225 g/mol. The van der Waals surface area contributed by atoms with Crippen LogP contribution in [0.1, 0.15) is 20.8 Å². The van der Waals surface area contributed by atoms with Crippen molar-refractivity contribution in [2.24, 2.45) is 0 Å². The molecule has 0 aliphatic heterocycles. The van der Waals surface area contributed by atoms with Crippen LogP contribution in [0.2, 0.25) is 0 Å². The van der Waals surface area contributed by atoms with E-state index in [0.29, 0.717) is 5.75 Å². The Labute approximate surface area is 96.2 Å². The fourth-order valence-corrected chi connectivity index (χ4v) is 1.44. The zero-order valence-electron chi connectivity index (χ0n) is 10.2. The molecule has 0 fully saturated rings. The van der Waals surface area contributed by atoms with Crippen LogP contribution in [0.3, 0.4) is 0 Å². The van der Waals surface area contributed by atoms with Crippen LogP contribution in [-0.4, -0.2) is 24.2 Å². The number of ether oxygens (including phenoxy) is 2. The van der Waals surface area contributed by atoms with Crippen molar-refractivity contribution in [1.82, 2.24) is 5.32 Å². The SMILES string of the molecule is COc1ccc(OC(C)(O)NC(C)C)cc1. The lowest BCUT2D eigenvalue weighted by Gasteiger charge is -2.27. The van der Waals surface area contributed by atoms with Crippen LogP contribution in [0, 0.1) is 0 Å². The Morgan fingerprint density at radius 2 is 1.69 bits per heavy atom. The zero-order chi connectivity index (χ0) is 12.2. The molecular formula is C12H19NO3. The Balaban J connectivity index is 2.64. The fraction of sp³-hybridized carbons (Fsp3) is 0.500. The number of methoxy groups -OCH3 is 1. The van der Waals surface area contributed by atoms with Gasteiger partial charge in [-0.2, -0.15) is 0 Å². The maximum absolute atomic E-state index is 9.90. The highest BCUT2D eigenvalue weighted by molar-refractivity contribution is 5.31. The number of hydrogen-bond acceptors (Lipinski definition) is 4. The predicted molar refractivity (Wildman–Crippen MR) is 62.5 cm³/mol. The molecule has 0 aliphatic carbocycles. The molecule has 1 aromatic rings. The lowest BCUT2D eigenvalue weighted by molar-refractivity contribution is -0.152. The van der Waals surface area contributed by atoms with Gasteiger partial charge < -0.3 is 14.6 Å². The van der Waals surface area contributed by atoms with Gasteiger partial charge in [-0.25, -0.2) is 0 Å². The van der Waals surface area contributed by atoms with Crippen molar-refractivity contribution in [3.05, 3.63) is 24.3 Å². The Kier molecular flexibility index (Phi) is 4.15. The number of aliphatic hydroxyl groups is 1. The molecule has 0 aliphatic rings. The van der Waals surface area contributed by atoms with Crippen molar-refractivity contribution in [2.75, 3.05) is 7.11 Å². The van der Waals surface area contributed by atoms with Gasteiger partial charge in [-0.1, -0.05) is 0 Å². The molecule has 4 nitrogen and oxygen atoms in total. The molecule has 0 heterocycles. The molecule has 1 rings (SSSR count). The predicted octanol–water partition coefficient (Wildman–Crippen LogP) is 1.74. The van der Waals surface area contributed by atoms with E-state index in [-0.39, 0.29) is 6.04 Å². The Hall–Kier alpha value is -1.26. The average Bonchev–Trinajstić information content (AvgIpc) is 2.16. The Morgan fingerprint density at radius 1 is 1.19 bits per heavy atom. The maximum atomic E-state index is 9.90. The monoisotopic (exact) mass is 225 g/mol. The van der Waals surface area contributed by atoms with Crippen LogP contribution in [0.25, 0.3) is 0 Å². The van der Waals surface area contributed by atoms with Crippen molar-refractivity contribution in [3.8, 4) is 11.5 Å². The van der Waals surface area contributed by atoms with Crippen LogP contribution < -0.4 is 14.8 Å². The van der Waals surface area contributed by atoms with Gasteiger partial charge in [-0.3, -0.25) is 5.32 Å². The first-order chi connectivity index (χ1) is 7.43. The summed E-state index contributed by atoms with van der Waals surface area (Å²) in [4.78, 5) is 0. The second kappa shape index (κ2) is 5.18. The third-order valence-electron chi connectivity index (χ3n) is 1.93. The summed E-state index contributed by atoms with van der Waals surface area (Å²) in [6, 6.07) is 7.18. The molecule has 2 N–H and O–H groups in total. The summed E-state index contributed by atoms with van der Waals surface area (Å²) in [5.74, 6) is -0.0364. The highest BCUT2D eigenvalue weighted by Gasteiger charge is 2.22. The van der Waals surface area contributed by atoms with Crippen LogP contribution in [0.4, 0.5) is 0 Å². The number of nitrogens with one attached hydrogen (secondary N) is 1. The van der Waals surface area contributed by atoms with E-state index in [1.54, 1.807) is 38.3 Å². The lowest BCUT2D eigenvalue weighted by Crippen LogP contribution is -2.50. The molecular weight excluding hydrogens is 206 g/mol. The summed E-state index contributed by atoms with van der Waals surface area (Å²) in [6.07, 6.45) is 0. The fourth-order valence-electron chi connectivity index (χ4n) is 1.44. The normalized spacial score (nSPS) is 14.6. The molecule has 0 radical (unpaired) electrons. The molecule has 1 atom stereocenters. The lowest BCUT2D eigenvalue weighted by atomic mass is 10.3. The molecule has 1 unspecified atom stereocenters. The summed E-state index contributed by atoms with van der Waals surface area (Å²) in [5.41, 5.74) is 0. The minimum absolute atomic E-state index is 0.133. The summed E-state index contributed by atoms with van der Waals surface area (Å²) in [5, 5.41) is 12.8. The molecule has 0 bridgehead atoms. The number of benzene rings is 1. The third-order valence-corrected chi connectivity index (χ3v) is 1.93. The van der Waals surface area contributed by atoms with Gasteiger partial charge in [0.2, 0.25) is 0 Å². The number of rotatable bonds is 5. The number of hydrogen-bond donors (Lipinski definition) is 2. The van der Waals surface area contributed by atoms with Gasteiger partial charge >= 0.3 is 0 Å². The summed E-state index contributed by atoms with van der Waals surface area (Å²) in [7, 11) is 1.60. The minimum Gasteiger partial charge on any atom is -0.497 e. The zero-order valence-corrected chi connectivity index (χ0v) is 10.2. The van der Waals surface area contributed by atoms with Crippen LogP contribution >= 0.6 is 0 Å². The summed E-state index contributed by atoms with van der Waals surface area (Å²) < 4.78 is 10.4. The molecule has 90 valence electrons. The van der Waals surface area contributed by atoms with E-state index in [0.717, 1.165) is 5.75 Å². The Bertz CT molecular complexity index is 320. The van der Waals surface area contributed by atoms with Crippen LogP contribution in [-0.2, 0) is 0 Å². The molecule has 0 amide bonds. The standard InChI is InChI=1S/C12H19NO3/c1-9(2)13-12(3,14)16-11-7-5-10(15-4)6-8-11/h5-9,13-14H,1-4H3. The largest absolute Gasteiger partial charge is 0.497 e. The van der Waals surface area contributed by atoms with E-state index in [1.165, 1.54) is 0 Å². The van der Waals surface area contributed by atoms with Crippen molar-refractivity contribution in [2.45, 2.75) is 32.7 Å². The molecule has 0 spiro atoms. The highest BCUT2D eigenvalue weighted by atomic mass is 16.6. The minimum atomic E-state index is -1.37. The molecule has 0 aromatic heterocycles. The first-order valence-corrected chi connectivity index (χ1v) is 5.26. The summed E-state index contributed by atoms with van der Waals surface area (Å²) >= 11 is 0. The molecule has 1 aromatic carbocycles. The summed E-state index contributed by atoms with van der Waals surface area (Å²) in [6.45, 7) is 5.44. The van der Waals surface area contributed by atoms with Crippen LogP contribution in [0.5, 0.6) is 11.5 Å². The smallest absolute Gasteiger partial charge is 0.265 e. The van der Waals surface area contributed by atoms with E-state index in [9.17, 15) is 5.11 Å². The van der Waals surface area contributed by atoms with E-state index in [2.05, 4.69) is 5.32 Å². The van der Waals surface area contributed by atoms with Gasteiger partial charge in [0.1, 0.15) is 11.5 Å². The maximum Gasteiger partial charge on any atom is 0.265 e. The molecule has 0 saturated carbocycles. The van der Waals surface area contributed by atoms with E-state index in [4.69, 9.17) is 9.47 Å². The first kappa shape index (κ1) is 12.8. The van der Waals surface area contributed by atoms with Gasteiger partial charge in [0, 0.05) is 13.0 Å². The molecule has 0 saturated heterocycles. The second-order valence-corrected chi connectivity index (χ2v) is 4.06. The van der Waals surface area contributed by atoms with Crippen molar-refractivity contribution >= 4 is 0 Å². The molecule has 16 heavy (non-hydrogen) atoms. The molecule has 4 heteroatoms. The third kappa shape index (κ3) is 4.08. The van der Waals surface area contributed by atoms with E-state index in [1.807, 2.05) is 13.8 Å². The van der Waals surface area contributed by atoms with Gasteiger partial charge in [-0.05, 0) is 38.1 Å². The van der Waals surface area contributed by atoms with Gasteiger partial charge in [0.15, 0.2) is 0 Å². The van der Waals surface area contributed by atoms with Gasteiger partial charge in [0.25, 0.3) is 5.91 Å². The van der Waals surface area contributed by atoms with Crippen molar-refractivity contribution in [3.63, 3.8) is 0 Å². The van der Waals surface area contributed by atoms with E-state index < -0.39 is 5.91 Å². The van der Waals surface area contributed by atoms with Crippen LogP contribution in [0.15, 0.2) is 24.3 Å². The van der Waals surface area contributed by atoms with Crippen molar-refractivity contribution in [1.29, 1.82) is 0 Å². The second-order valence-electron chi connectivity index (χ2n) is 4.06. The highest BCUT2D eigenvalue weighted by Crippen LogP contribution is 2.19. The Morgan fingerprint density at radius 3 is 2.12 bits per heavy atom. The van der Waals surface area contributed by atoms with Gasteiger partial charge in [-0.15, -0.1) is 0 Å². The first-order valence-electron chi connectivity index (χ1n) is 5.26. The van der Waals surface area contributed by atoms with Gasteiger partial charge in [0.05, 0.1) is 7.11 Å². The van der Waals surface area contributed by atoms with E-state index >= 15 is 0 Å².